The molecule has 0 aliphatic heterocycles. The lowest BCUT2D eigenvalue weighted by atomic mass is 10.2. The molecule has 12 heteroatoms. The Kier molecular flexibility index (Phi) is 7.99. The van der Waals surface area contributed by atoms with Crippen LogP contribution >= 0.6 is 0 Å². The molecule has 10 nitrogen and oxygen atoms in total. The Balaban J connectivity index is 1.60. The van der Waals surface area contributed by atoms with Gasteiger partial charge in [-0.1, -0.05) is 0 Å². The maximum Gasteiger partial charge on any atom is 0.262 e. The highest BCUT2D eigenvalue weighted by atomic mass is 32.2. The molecule has 0 heterocycles. The minimum atomic E-state index is -3.84. The average molecular weight is 520 g/mol. The highest BCUT2D eigenvalue weighted by Gasteiger charge is 2.16. The van der Waals surface area contributed by atoms with Gasteiger partial charge in [-0.2, -0.15) is 0 Å². The second-order valence-corrected chi connectivity index (χ2v) is 10.6. The normalized spacial score (nSPS) is 11.5. The molecule has 3 aromatic rings. The van der Waals surface area contributed by atoms with Crippen LogP contribution in [0.15, 0.2) is 76.5 Å². The molecule has 0 radical (unpaired) electrons. The molecule has 0 aliphatic rings. The summed E-state index contributed by atoms with van der Waals surface area (Å²) in [6.45, 7) is 3.69. The Morgan fingerprint density at radius 1 is 0.857 bits per heavy atom. The van der Waals surface area contributed by atoms with Crippen molar-refractivity contribution >= 4 is 37.3 Å². The summed E-state index contributed by atoms with van der Waals surface area (Å²) in [5.74, 6) is 0.490. The number of benzene rings is 3. The van der Waals surface area contributed by atoms with Gasteiger partial charge in [0.1, 0.15) is 11.5 Å². The summed E-state index contributed by atoms with van der Waals surface area (Å²) in [5, 5.41) is 7.62. The third-order valence-corrected chi connectivity index (χ3v) is 7.01. The van der Waals surface area contributed by atoms with Crippen LogP contribution in [0.25, 0.3) is 0 Å². The zero-order chi connectivity index (χ0) is 25.6. The van der Waals surface area contributed by atoms with Gasteiger partial charge in [0.25, 0.3) is 15.9 Å². The van der Waals surface area contributed by atoms with Crippen LogP contribution in [0.5, 0.6) is 11.5 Å². The number of rotatable bonds is 10. The second kappa shape index (κ2) is 10.8. The second-order valence-electron chi connectivity index (χ2n) is 7.40. The number of sulfonamides is 2. The molecule has 0 fully saturated rings. The third-order valence-electron chi connectivity index (χ3n) is 4.70. The van der Waals surface area contributed by atoms with Crippen LogP contribution < -0.4 is 24.7 Å². The van der Waals surface area contributed by atoms with E-state index in [4.69, 9.17) is 14.6 Å². The van der Waals surface area contributed by atoms with Crippen LogP contribution in [0.2, 0.25) is 0 Å². The number of aryl methyl sites for hydroxylation is 1. The van der Waals surface area contributed by atoms with Gasteiger partial charge in [-0.3, -0.25) is 9.52 Å². The Bertz CT molecular complexity index is 1400. The molecule has 3 rings (SSSR count). The first kappa shape index (κ1) is 26.0. The summed E-state index contributed by atoms with van der Waals surface area (Å²) in [6.07, 6.45) is 0. The molecule has 1 amide bonds. The maximum absolute atomic E-state index is 12.7. The van der Waals surface area contributed by atoms with E-state index in [0.717, 1.165) is 0 Å². The smallest absolute Gasteiger partial charge is 0.262 e. The van der Waals surface area contributed by atoms with E-state index in [-0.39, 0.29) is 16.4 Å². The zero-order valence-corrected chi connectivity index (χ0v) is 20.6. The fourth-order valence-electron chi connectivity index (χ4n) is 3.02. The van der Waals surface area contributed by atoms with Crippen molar-refractivity contribution in [1.82, 2.24) is 0 Å². The molecule has 186 valence electrons. The molecule has 0 spiro atoms. The third kappa shape index (κ3) is 7.18. The van der Waals surface area contributed by atoms with Gasteiger partial charge in [0.05, 0.1) is 16.4 Å². The minimum Gasteiger partial charge on any atom is -0.494 e. The molecule has 0 saturated heterocycles. The topological polar surface area (TPSA) is 154 Å². The number of carbonyl (C=O) groups excluding carboxylic acids is 1. The van der Waals surface area contributed by atoms with Gasteiger partial charge in [0.15, 0.2) is 6.61 Å². The number of ether oxygens (including phenoxy) is 2. The van der Waals surface area contributed by atoms with E-state index in [0.29, 0.717) is 35.0 Å². The van der Waals surface area contributed by atoms with Crippen molar-refractivity contribution in [3.63, 3.8) is 0 Å². The van der Waals surface area contributed by atoms with E-state index in [1.165, 1.54) is 42.5 Å². The van der Waals surface area contributed by atoms with Gasteiger partial charge in [-0.25, -0.2) is 22.0 Å². The molecule has 0 aromatic heterocycles. The van der Waals surface area contributed by atoms with E-state index in [1.54, 1.807) is 31.2 Å². The number of anilines is 2. The molecule has 3 aromatic carbocycles. The van der Waals surface area contributed by atoms with Crippen LogP contribution in [-0.4, -0.2) is 36.0 Å². The van der Waals surface area contributed by atoms with Crippen molar-refractivity contribution in [2.24, 2.45) is 5.14 Å². The van der Waals surface area contributed by atoms with E-state index in [1.807, 2.05) is 6.92 Å². The van der Waals surface area contributed by atoms with Crippen LogP contribution in [-0.2, 0) is 24.8 Å². The summed E-state index contributed by atoms with van der Waals surface area (Å²) < 4.78 is 61.4. The fourth-order valence-corrected chi connectivity index (χ4v) is 4.68. The summed E-state index contributed by atoms with van der Waals surface area (Å²) in [5.41, 5.74) is 1.27. The summed E-state index contributed by atoms with van der Waals surface area (Å²) in [4.78, 5) is 12.1. The first-order chi connectivity index (χ1) is 16.5. The van der Waals surface area contributed by atoms with Gasteiger partial charge < -0.3 is 14.8 Å². The van der Waals surface area contributed by atoms with Gasteiger partial charge >= 0.3 is 0 Å². The predicted molar refractivity (Wildman–Crippen MR) is 132 cm³/mol. The standard InChI is InChI=1S/C23H25N3O7S2/c1-3-32-19-8-4-18(5-9-19)26-35(30,31)21-12-13-22(16(2)14-21)33-15-23(27)25-17-6-10-20(11-7-17)34(24,28)29/h4-14,26H,3,15H2,1-2H3,(H,25,27)(H2,24,28,29). The van der Waals surface area contributed by atoms with Crippen molar-refractivity contribution < 1.29 is 31.1 Å². The van der Waals surface area contributed by atoms with Crippen molar-refractivity contribution in [2.75, 3.05) is 23.3 Å². The van der Waals surface area contributed by atoms with Crippen LogP contribution in [0.4, 0.5) is 11.4 Å². The van der Waals surface area contributed by atoms with Gasteiger partial charge in [0, 0.05) is 11.4 Å². The lowest BCUT2D eigenvalue weighted by Crippen LogP contribution is -2.20. The number of carbonyl (C=O) groups is 1. The monoisotopic (exact) mass is 519 g/mol. The van der Waals surface area contributed by atoms with E-state index in [2.05, 4.69) is 10.0 Å². The van der Waals surface area contributed by atoms with Gasteiger partial charge in [-0.05, 0) is 86.1 Å². The van der Waals surface area contributed by atoms with Crippen molar-refractivity contribution in [2.45, 2.75) is 23.6 Å². The van der Waals surface area contributed by atoms with Gasteiger partial charge in [-0.15, -0.1) is 0 Å². The Morgan fingerprint density at radius 3 is 2.03 bits per heavy atom. The molecule has 0 unspecified atom stereocenters. The Hall–Kier alpha value is -3.61. The number of primary sulfonamides is 1. The highest BCUT2D eigenvalue weighted by Crippen LogP contribution is 2.24. The lowest BCUT2D eigenvalue weighted by molar-refractivity contribution is -0.118. The van der Waals surface area contributed by atoms with Crippen LogP contribution in [0.1, 0.15) is 12.5 Å². The van der Waals surface area contributed by atoms with Crippen LogP contribution in [0.3, 0.4) is 0 Å². The molecular weight excluding hydrogens is 494 g/mol. The maximum atomic E-state index is 12.7. The molecule has 35 heavy (non-hydrogen) atoms. The van der Waals surface area contributed by atoms with Crippen molar-refractivity contribution in [1.29, 1.82) is 0 Å². The number of hydrogen-bond acceptors (Lipinski definition) is 7. The van der Waals surface area contributed by atoms with Crippen LogP contribution in [0, 0.1) is 6.92 Å². The SMILES string of the molecule is CCOc1ccc(NS(=O)(=O)c2ccc(OCC(=O)Nc3ccc(S(N)(=O)=O)cc3)c(C)c2)cc1. The zero-order valence-electron chi connectivity index (χ0n) is 19.0. The molecule has 0 saturated carbocycles. The molecular formula is C23H25N3O7S2. The fraction of sp³-hybridized carbons (Fsp3) is 0.174. The molecule has 0 aliphatic carbocycles. The van der Waals surface area contributed by atoms with Gasteiger partial charge in [0.2, 0.25) is 10.0 Å². The number of amides is 1. The van der Waals surface area contributed by atoms with E-state index in [9.17, 15) is 21.6 Å². The number of hydrogen-bond donors (Lipinski definition) is 3. The highest BCUT2D eigenvalue weighted by molar-refractivity contribution is 7.92. The van der Waals surface area contributed by atoms with E-state index >= 15 is 0 Å². The Morgan fingerprint density at radius 2 is 1.46 bits per heavy atom. The van der Waals surface area contributed by atoms with Crippen molar-refractivity contribution in [3.05, 3.63) is 72.3 Å². The van der Waals surface area contributed by atoms with Crippen molar-refractivity contribution in [3.8, 4) is 11.5 Å². The molecule has 0 atom stereocenters. The largest absolute Gasteiger partial charge is 0.494 e. The number of nitrogens with one attached hydrogen (secondary N) is 2. The average Bonchev–Trinajstić information content (AvgIpc) is 2.79. The summed E-state index contributed by atoms with van der Waals surface area (Å²) in [7, 11) is -7.67. The molecule has 0 bridgehead atoms. The molecule has 4 N–H and O–H groups in total. The lowest BCUT2D eigenvalue weighted by Gasteiger charge is -2.13. The first-order valence-electron chi connectivity index (χ1n) is 10.4. The first-order valence-corrected chi connectivity index (χ1v) is 13.4. The Labute approximate surface area is 204 Å². The quantitative estimate of drug-likeness (QED) is 0.372. The number of nitrogens with two attached hydrogens (primary N) is 1. The summed E-state index contributed by atoms with van der Waals surface area (Å²) in [6, 6.07) is 16.2. The minimum absolute atomic E-state index is 0.0376. The van der Waals surface area contributed by atoms with E-state index < -0.39 is 26.0 Å². The summed E-state index contributed by atoms with van der Waals surface area (Å²) >= 11 is 0. The predicted octanol–water partition coefficient (Wildman–Crippen LogP) is 2.86.